The summed E-state index contributed by atoms with van der Waals surface area (Å²) >= 11 is 0. The van der Waals surface area contributed by atoms with Gasteiger partial charge in [0.2, 0.25) is 0 Å². The van der Waals surface area contributed by atoms with E-state index in [0.29, 0.717) is 5.41 Å². The molecular weight excluding hydrogens is 252 g/mol. The molecule has 20 heavy (non-hydrogen) atoms. The molecule has 0 amide bonds. The van der Waals surface area contributed by atoms with Crippen LogP contribution in [0.4, 0.5) is 0 Å². The average Bonchev–Trinajstić information content (AvgIpc) is 2.37. The highest BCUT2D eigenvalue weighted by Gasteiger charge is 2.34. The second kappa shape index (κ2) is 8.32. The molecule has 1 rings (SSSR count). The molecule has 1 saturated heterocycles. The average molecular weight is 286 g/mol. The lowest BCUT2D eigenvalue weighted by Gasteiger charge is -2.42. The van der Waals surface area contributed by atoms with Crippen molar-refractivity contribution in [3.8, 4) is 0 Å². The van der Waals surface area contributed by atoms with Crippen LogP contribution in [0.2, 0.25) is 0 Å². The Morgan fingerprint density at radius 1 is 1.25 bits per heavy atom. The highest BCUT2D eigenvalue weighted by molar-refractivity contribution is 4.89. The van der Waals surface area contributed by atoms with Gasteiger partial charge in [-0.1, -0.05) is 0 Å². The van der Waals surface area contributed by atoms with Crippen molar-refractivity contribution in [1.82, 2.24) is 10.2 Å². The number of nitrogens with one attached hydrogen (secondary N) is 1. The molecule has 0 aromatic heterocycles. The number of nitrogens with zero attached hydrogens (tertiary/aromatic N) is 1. The van der Waals surface area contributed by atoms with Crippen molar-refractivity contribution < 1.29 is 9.47 Å². The molecule has 0 spiro atoms. The fourth-order valence-corrected chi connectivity index (χ4v) is 2.66. The van der Waals surface area contributed by atoms with Crippen LogP contribution in [0.5, 0.6) is 0 Å². The molecule has 0 saturated carbocycles. The van der Waals surface area contributed by atoms with E-state index in [9.17, 15) is 0 Å². The molecule has 1 aliphatic heterocycles. The zero-order valence-electron chi connectivity index (χ0n) is 14.1. The van der Waals surface area contributed by atoms with Crippen LogP contribution in [0.1, 0.15) is 40.5 Å². The van der Waals surface area contributed by atoms with Crippen LogP contribution in [-0.2, 0) is 9.47 Å². The van der Waals surface area contributed by atoms with Crippen molar-refractivity contribution in [3.05, 3.63) is 0 Å². The van der Waals surface area contributed by atoms with Crippen LogP contribution in [0.3, 0.4) is 0 Å². The van der Waals surface area contributed by atoms with E-state index in [0.717, 1.165) is 58.9 Å². The molecule has 0 unspecified atom stereocenters. The van der Waals surface area contributed by atoms with E-state index in [-0.39, 0.29) is 5.54 Å². The van der Waals surface area contributed by atoms with Gasteiger partial charge in [-0.25, -0.2) is 0 Å². The Bertz CT molecular complexity index is 258. The Hall–Kier alpha value is -0.160. The Morgan fingerprint density at radius 3 is 2.45 bits per heavy atom. The molecule has 0 atom stereocenters. The van der Waals surface area contributed by atoms with Crippen molar-refractivity contribution in [2.75, 3.05) is 53.1 Å². The van der Waals surface area contributed by atoms with Crippen LogP contribution < -0.4 is 5.32 Å². The Labute approximate surface area is 125 Å². The predicted molar refractivity (Wildman–Crippen MR) is 84.2 cm³/mol. The summed E-state index contributed by atoms with van der Waals surface area (Å²) in [4.78, 5) is 2.41. The lowest BCUT2D eigenvalue weighted by Crippen LogP contribution is -2.50. The Morgan fingerprint density at radius 2 is 1.90 bits per heavy atom. The van der Waals surface area contributed by atoms with Gasteiger partial charge in [-0.05, 0) is 53.0 Å². The molecule has 0 aromatic carbocycles. The fourth-order valence-electron chi connectivity index (χ4n) is 2.66. The summed E-state index contributed by atoms with van der Waals surface area (Å²) in [6.45, 7) is 15.4. The third-order valence-corrected chi connectivity index (χ3v) is 3.97. The normalized spacial score (nSPS) is 19.5. The first-order chi connectivity index (χ1) is 9.37. The maximum absolute atomic E-state index is 5.57. The van der Waals surface area contributed by atoms with Gasteiger partial charge in [0.25, 0.3) is 0 Å². The van der Waals surface area contributed by atoms with Gasteiger partial charge in [-0.15, -0.1) is 0 Å². The number of likely N-dealkylation sites (N-methyl/N-ethyl adjacent to an activating group) is 1. The molecule has 0 bridgehead atoms. The van der Waals surface area contributed by atoms with E-state index in [1.807, 2.05) is 6.92 Å². The van der Waals surface area contributed by atoms with E-state index in [1.165, 1.54) is 0 Å². The van der Waals surface area contributed by atoms with Crippen LogP contribution >= 0.6 is 0 Å². The first kappa shape index (κ1) is 17.9. The van der Waals surface area contributed by atoms with Gasteiger partial charge >= 0.3 is 0 Å². The standard InChI is InChI=1S/C16H34N2O2/c1-6-19-12-9-18(5)14-16(7-10-20-11-8-16)13-17-15(2,3)4/h17H,6-14H2,1-5H3. The molecular formula is C16H34N2O2. The number of ether oxygens (including phenoxy) is 2. The van der Waals surface area contributed by atoms with E-state index < -0.39 is 0 Å². The molecule has 1 fully saturated rings. The van der Waals surface area contributed by atoms with E-state index in [1.54, 1.807) is 0 Å². The quantitative estimate of drug-likeness (QED) is 0.693. The topological polar surface area (TPSA) is 33.7 Å². The van der Waals surface area contributed by atoms with Crippen molar-refractivity contribution >= 4 is 0 Å². The van der Waals surface area contributed by atoms with Gasteiger partial charge < -0.3 is 19.7 Å². The highest BCUT2D eigenvalue weighted by atomic mass is 16.5. The number of hydrogen-bond donors (Lipinski definition) is 1. The molecule has 4 nitrogen and oxygen atoms in total. The van der Waals surface area contributed by atoms with Crippen molar-refractivity contribution in [1.29, 1.82) is 0 Å². The molecule has 1 heterocycles. The number of hydrogen-bond acceptors (Lipinski definition) is 4. The van der Waals surface area contributed by atoms with E-state index >= 15 is 0 Å². The van der Waals surface area contributed by atoms with Crippen LogP contribution in [0.25, 0.3) is 0 Å². The third kappa shape index (κ3) is 7.02. The van der Waals surface area contributed by atoms with Gasteiger partial charge in [0.1, 0.15) is 0 Å². The van der Waals surface area contributed by atoms with Crippen molar-refractivity contribution in [2.45, 2.75) is 46.1 Å². The summed E-state index contributed by atoms with van der Waals surface area (Å²) in [6.07, 6.45) is 2.30. The fraction of sp³-hybridized carbons (Fsp3) is 1.00. The summed E-state index contributed by atoms with van der Waals surface area (Å²) < 4.78 is 11.0. The van der Waals surface area contributed by atoms with E-state index in [2.05, 4.69) is 38.0 Å². The van der Waals surface area contributed by atoms with Crippen LogP contribution in [0.15, 0.2) is 0 Å². The van der Waals surface area contributed by atoms with Gasteiger partial charge in [0.05, 0.1) is 6.61 Å². The molecule has 0 radical (unpaired) electrons. The minimum atomic E-state index is 0.176. The van der Waals surface area contributed by atoms with Crippen molar-refractivity contribution in [3.63, 3.8) is 0 Å². The summed E-state index contributed by atoms with van der Waals surface area (Å²) in [7, 11) is 2.20. The zero-order chi connectivity index (χ0) is 15.1. The van der Waals surface area contributed by atoms with Gasteiger partial charge in [-0.3, -0.25) is 0 Å². The Kier molecular flexibility index (Phi) is 7.45. The lowest BCUT2D eigenvalue weighted by molar-refractivity contribution is -0.00681. The molecule has 1 aliphatic rings. The summed E-state index contributed by atoms with van der Waals surface area (Å²) in [5.74, 6) is 0. The Balaban J connectivity index is 2.49. The third-order valence-electron chi connectivity index (χ3n) is 3.97. The predicted octanol–water partition coefficient (Wildman–Crippen LogP) is 2.14. The van der Waals surface area contributed by atoms with Crippen molar-refractivity contribution in [2.24, 2.45) is 5.41 Å². The van der Waals surface area contributed by atoms with Gasteiger partial charge in [0.15, 0.2) is 0 Å². The monoisotopic (exact) mass is 286 g/mol. The van der Waals surface area contributed by atoms with Crippen LogP contribution in [-0.4, -0.2) is 63.5 Å². The van der Waals surface area contributed by atoms with Crippen LogP contribution in [0, 0.1) is 5.41 Å². The zero-order valence-corrected chi connectivity index (χ0v) is 14.1. The maximum Gasteiger partial charge on any atom is 0.0593 e. The number of rotatable bonds is 8. The molecule has 4 heteroatoms. The summed E-state index contributed by atoms with van der Waals surface area (Å²) in [6, 6.07) is 0. The summed E-state index contributed by atoms with van der Waals surface area (Å²) in [5.41, 5.74) is 0.516. The van der Waals surface area contributed by atoms with Gasteiger partial charge in [0, 0.05) is 45.0 Å². The minimum absolute atomic E-state index is 0.176. The molecule has 1 N–H and O–H groups in total. The SMILES string of the molecule is CCOCCN(C)CC1(CNC(C)(C)C)CCOCC1. The molecule has 0 aromatic rings. The maximum atomic E-state index is 5.57. The smallest absolute Gasteiger partial charge is 0.0593 e. The second-order valence-corrected chi connectivity index (χ2v) is 7.15. The molecule has 120 valence electrons. The lowest BCUT2D eigenvalue weighted by atomic mass is 9.79. The summed E-state index contributed by atoms with van der Waals surface area (Å²) in [5, 5.41) is 3.69. The second-order valence-electron chi connectivity index (χ2n) is 7.15. The largest absolute Gasteiger partial charge is 0.381 e. The van der Waals surface area contributed by atoms with E-state index in [4.69, 9.17) is 9.47 Å². The first-order valence-corrected chi connectivity index (χ1v) is 7.96. The highest BCUT2D eigenvalue weighted by Crippen LogP contribution is 2.31. The first-order valence-electron chi connectivity index (χ1n) is 7.96. The minimum Gasteiger partial charge on any atom is -0.381 e. The molecule has 0 aliphatic carbocycles. The van der Waals surface area contributed by atoms with Gasteiger partial charge in [-0.2, -0.15) is 0 Å².